The lowest BCUT2D eigenvalue weighted by molar-refractivity contribution is -0.135. The van der Waals surface area contributed by atoms with Crippen molar-refractivity contribution in [2.45, 2.75) is 162 Å². The second-order valence-corrected chi connectivity index (χ2v) is 20.8. The van der Waals surface area contributed by atoms with Gasteiger partial charge in [0.05, 0.1) is 12.7 Å². The standard InChI is InChI=1S/C51H79N13O9/c1-10-31(6)43(49(71)59-37(44(53)66)22-34-25-54-27-56-34)63-48(70)42(30(4)5)62-41(65)21-33(24-52)36(19-29(2)3)58-46(68)39(23-35-26-55-28-57-35)60-45(67)38(20-32-15-12-11-13-16-32)61-47(69)40-17-14-18-64(40)50(72)73-51(7,8)9/h11-13,15-16,25-31,33,36-40,42-43H,10,14,17-24,52H2,1-9H3,(H2,53,66)(H,54,56)(H,55,57)(H,58,68)(H,59,71)(H,60,67)(H,61,69)(H,62,65)(H,63,70)/t31-,33-,36-,37-,38-,39-,40-,42-,43-/m0/s1. The molecule has 2 aromatic heterocycles. The number of hydrogen-bond acceptors (Lipinski definition) is 12. The molecule has 3 heterocycles. The molecule has 1 aliphatic rings. The third kappa shape index (κ3) is 18.6. The minimum atomic E-state index is -1.21. The summed E-state index contributed by atoms with van der Waals surface area (Å²) in [6.07, 6.45) is 7.01. The van der Waals surface area contributed by atoms with Gasteiger partial charge in [0.25, 0.3) is 0 Å². The molecule has 402 valence electrons. The number of likely N-dealkylation sites (tertiary alicyclic amines) is 1. The number of amides is 8. The molecule has 22 nitrogen and oxygen atoms in total. The van der Waals surface area contributed by atoms with E-state index >= 15 is 0 Å². The van der Waals surface area contributed by atoms with Crippen LogP contribution in [0.1, 0.15) is 111 Å². The van der Waals surface area contributed by atoms with Crippen LogP contribution in [-0.4, -0.2) is 133 Å². The molecule has 0 unspecified atom stereocenters. The number of benzene rings is 1. The fourth-order valence-corrected chi connectivity index (χ4v) is 8.60. The van der Waals surface area contributed by atoms with E-state index in [-0.39, 0.29) is 44.1 Å². The number of nitrogens with one attached hydrogen (secondary N) is 8. The molecule has 0 saturated carbocycles. The number of primary amides is 1. The SMILES string of the molecule is CC[C@H](C)[C@H](NC(=O)[C@@H](NC(=O)C[C@@H](CN)[C@H](CC(C)C)NC(=O)[C@H](Cc1cnc[nH]1)NC(=O)[C@H](Cc1ccccc1)NC(=O)[C@@H]1CCCN1C(=O)OC(C)(C)C)C(C)C)C(=O)N[C@@H](Cc1cnc[nH]1)C(N)=O. The van der Waals surface area contributed by atoms with E-state index in [0.29, 0.717) is 43.6 Å². The fraction of sp³-hybridized carbons (Fsp3) is 0.608. The first kappa shape index (κ1) is 58.7. The second-order valence-electron chi connectivity index (χ2n) is 20.8. The summed E-state index contributed by atoms with van der Waals surface area (Å²) < 4.78 is 5.58. The van der Waals surface area contributed by atoms with E-state index in [9.17, 15) is 38.4 Å². The van der Waals surface area contributed by atoms with Gasteiger partial charge in [-0.15, -0.1) is 0 Å². The van der Waals surface area contributed by atoms with Crippen LogP contribution in [-0.2, 0) is 57.6 Å². The molecule has 12 N–H and O–H groups in total. The molecule has 22 heteroatoms. The average Bonchev–Trinajstić information content (AvgIpc) is 4.15. The van der Waals surface area contributed by atoms with Crippen LogP contribution in [0.2, 0.25) is 0 Å². The lowest BCUT2D eigenvalue weighted by Gasteiger charge is -2.32. The number of rotatable bonds is 27. The molecule has 3 aromatic rings. The molecule has 0 aliphatic carbocycles. The first-order valence-corrected chi connectivity index (χ1v) is 25.3. The summed E-state index contributed by atoms with van der Waals surface area (Å²) in [6.45, 7) is 16.5. The number of imidazole rings is 2. The topological polar surface area (TPSA) is 331 Å². The molecule has 4 rings (SSSR count). The van der Waals surface area contributed by atoms with E-state index in [2.05, 4.69) is 51.8 Å². The highest BCUT2D eigenvalue weighted by molar-refractivity contribution is 5.95. The number of aromatic nitrogens is 4. The van der Waals surface area contributed by atoms with Gasteiger partial charge >= 0.3 is 6.09 Å². The number of aromatic amines is 2. The van der Waals surface area contributed by atoms with Crippen molar-refractivity contribution in [1.29, 1.82) is 0 Å². The number of hydrogen-bond donors (Lipinski definition) is 10. The second kappa shape index (κ2) is 27.8. The van der Waals surface area contributed by atoms with Crippen LogP contribution >= 0.6 is 0 Å². The van der Waals surface area contributed by atoms with Gasteiger partial charge in [0.1, 0.15) is 41.9 Å². The quantitative estimate of drug-likeness (QED) is 0.0522. The molecule has 1 aromatic carbocycles. The number of ether oxygens (including phenoxy) is 1. The minimum Gasteiger partial charge on any atom is -0.444 e. The van der Waals surface area contributed by atoms with Crippen LogP contribution in [0, 0.1) is 23.7 Å². The zero-order valence-corrected chi connectivity index (χ0v) is 43.8. The zero-order valence-electron chi connectivity index (χ0n) is 43.8. The van der Waals surface area contributed by atoms with Crippen molar-refractivity contribution < 1.29 is 43.1 Å². The van der Waals surface area contributed by atoms with Crippen molar-refractivity contribution >= 4 is 47.4 Å². The Morgan fingerprint density at radius 2 is 1.33 bits per heavy atom. The Labute approximate surface area is 428 Å². The summed E-state index contributed by atoms with van der Waals surface area (Å²) in [5, 5.41) is 17.1. The lowest BCUT2D eigenvalue weighted by atomic mass is 9.88. The van der Waals surface area contributed by atoms with Crippen molar-refractivity contribution in [2.75, 3.05) is 13.1 Å². The molecule has 1 aliphatic heterocycles. The molecule has 73 heavy (non-hydrogen) atoms. The highest BCUT2D eigenvalue weighted by Gasteiger charge is 2.40. The Morgan fingerprint density at radius 1 is 0.753 bits per heavy atom. The Hall–Kier alpha value is -6.84. The van der Waals surface area contributed by atoms with E-state index in [4.69, 9.17) is 16.2 Å². The largest absolute Gasteiger partial charge is 0.444 e. The number of carbonyl (C=O) groups excluding carboxylic acids is 8. The minimum absolute atomic E-state index is 0.0100. The molecule has 1 fully saturated rings. The number of carbonyl (C=O) groups is 8. The molecule has 0 spiro atoms. The number of nitrogens with zero attached hydrogens (tertiary/aromatic N) is 3. The van der Waals surface area contributed by atoms with Gasteiger partial charge in [0.15, 0.2) is 0 Å². The third-order valence-electron chi connectivity index (χ3n) is 12.8. The van der Waals surface area contributed by atoms with Crippen molar-refractivity contribution in [2.24, 2.45) is 35.1 Å². The van der Waals surface area contributed by atoms with Gasteiger partial charge in [-0.05, 0) is 69.9 Å². The number of H-pyrrole nitrogens is 2. The molecular formula is C51H79N13O9. The van der Waals surface area contributed by atoms with Crippen LogP contribution in [0.4, 0.5) is 4.79 Å². The van der Waals surface area contributed by atoms with Crippen molar-refractivity contribution in [1.82, 2.24) is 56.7 Å². The van der Waals surface area contributed by atoms with Crippen LogP contribution in [0.5, 0.6) is 0 Å². The van der Waals surface area contributed by atoms with Gasteiger partial charge in [0, 0.05) is 68.0 Å². The monoisotopic (exact) mass is 1020 g/mol. The van der Waals surface area contributed by atoms with E-state index in [1.807, 2.05) is 51.1 Å². The Balaban J connectivity index is 1.52. The highest BCUT2D eigenvalue weighted by atomic mass is 16.6. The molecule has 9 atom stereocenters. The molecule has 8 amide bonds. The van der Waals surface area contributed by atoms with Gasteiger partial charge < -0.3 is 58.1 Å². The van der Waals surface area contributed by atoms with Crippen molar-refractivity contribution in [3.63, 3.8) is 0 Å². The maximum Gasteiger partial charge on any atom is 0.410 e. The predicted molar refractivity (Wildman–Crippen MR) is 272 cm³/mol. The summed E-state index contributed by atoms with van der Waals surface area (Å²) in [6, 6.07) is 1.87. The molecule has 1 saturated heterocycles. The molecule has 0 bridgehead atoms. The third-order valence-corrected chi connectivity index (χ3v) is 12.8. The first-order chi connectivity index (χ1) is 34.5. The van der Waals surface area contributed by atoms with Crippen LogP contribution in [0.15, 0.2) is 55.4 Å². The van der Waals surface area contributed by atoms with Crippen LogP contribution in [0.25, 0.3) is 0 Å². The Bertz CT molecular complexity index is 2270. The van der Waals surface area contributed by atoms with Crippen LogP contribution < -0.4 is 43.4 Å². The summed E-state index contributed by atoms with van der Waals surface area (Å²) in [7, 11) is 0. The van der Waals surface area contributed by atoms with Gasteiger partial charge in [-0.3, -0.25) is 38.5 Å². The highest BCUT2D eigenvalue weighted by Crippen LogP contribution is 2.22. The van der Waals surface area contributed by atoms with Gasteiger partial charge in [-0.1, -0.05) is 78.3 Å². The maximum absolute atomic E-state index is 14.6. The molecular weight excluding hydrogens is 939 g/mol. The van der Waals surface area contributed by atoms with Crippen molar-refractivity contribution in [3.05, 3.63) is 72.3 Å². The van der Waals surface area contributed by atoms with Gasteiger partial charge in [0.2, 0.25) is 41.4 Å². The van der Waals surface area contributed by atoms with Crippen LogP contribution in [0.3, 0.4) is 0 Å². The normalized spacial score (nSPS) is 17.0. The van der Waals surface area contributed by atoms with Gasteiger partial charge in [-0.2, -0.15) is 0 Å². The summed E-state index contributed by atoms with van der Waals surface area (Å²) in [5.41, 5.74) is 13.0. The maximum atomic E-state index is 14.6. The Kier molecular flexibility index (Phi) is 22.4. The first-order valence-electron chi connectivity index (χ1n) is 25.3. The zero-order chi connectivity index (χ0) is 54.0. The smallest absolute Gasteiger partial charge is 0.410 e. The predicted octanol–water partition coefficient (Wildman–Crippen LogP) is 1.67. The van der Waals surface area contributed by atoms with Gasteiger partial charge in [-0.25, -0.2) is 14.8 Å². The fourth-order valence-electron chi connectivity index (χ4n) is 8.60. The average molecular weight is 1020 g/mol. The Morgan fingerprint density at radius 3 is 1.86 bits per heavy atom. The van der Waals surface area contributed by atoms with E-state index in [1.165, 1.54) is 29.9 Å². The van der Waals surface area contributed by atoms with E-state index in [0.717, 1.165) is 5.56 Å². The lowest BCUT2D eigenvalue weighted by Crippen LogP contribution is -2.60. The van der Waals surface area contributed by atoms with Crippen molar-refractivity contribution in [3.8, 4) is 0 Å². The number of nitrogens with two attached hydrogens (primary N) is 2. The van der Waals surface area contributed by atoms with E-state index in [1.54, 1.807) is 41.5 Å². The summed E-state index contributed by atoms with van der Waals surface area (Å²) in [5.74, 6) is -5.76. The summed E-state index contributed by atoms with van der Waals surface area (Å²) in [4.78, 5) is 125. The van der Waals surface area contributed by atoms with E-state index < -0.39 is 107 Å². The summed E-state index contributed by atoms with van der Waals surface area (Å²) >= 11 is 0. The molecule has 0 radical (unpaired) electrons.